The van der Waals surface area contributed by atoms with E-state index in [0.29, 0.717) is 11.1 Å². The van der Waals surface area contributed by atoms with Crippen LogP contribution < -0.4 is 11.3 Å². The van der Waals surface area contributed by atoms with E-state index in [1.807, 2.05) is 0 Å². The lowest BCUT2D eigenvalue weighted by atomic mass is 10.0. The molecule has 0 aliphatic carbocycles. The third-order valence-corrected chi connectivity index (χ3v) is 2.47. The molecule has 0 amide bonds. The SMILES string of the molecule is COC(OC)C(NN)c1ccc(C)c(F)c1. The van der Waals surface area contributed by atoms with E-state index in [9.17, 15) is 4.39 Å². The van der Waals surface area contributed by atoms with E-state index in [-0.39, 0.29) is 5.82 Å². The highest BCUT2D eigenvalue weighted by atomic mass is 19.1. The smallest absolute Gasteiger partial charge is 0.177 e. The highest BCUT2D eigenvalue weighted by Gasteiger charge is 2.22. The Hall–Kier alpha value is -1.01. The van der Waals surface area contributed by atoms with Crippen molar-refractivity contribution in [2.75, 3.05) is 14.2 Å². The quantitative estimate of drug-likeness (QED) is 0.452. The predicted octanol–water partition coefficient (Wildman–Crippen LogP) is 1.26. The maximum absolute atomic E-state index is 13.4. The van der Waals surface area contributed by atoms with Crippen molar-refractivity contribution in [1.82, 2.24) is 5.43 Å². The van der Waals surface area contributed by atoms with E-state index >= 15 is 0 Å². The number of ether oxygens (including phenoxy) is 2. The minimum atomic E-state index is -0.563. The summed E-state index contributed by atoms with van der Waals surface area (Å²) in [7, 11) is 3.01. The van der Waals surface area contributed by atoms with Crippen LogP contribution in [0.1, 0.15) is 17.2 Å². The molecule has 1 aromatic carbocycles. The van der Waals surface area contributed by atoms with Gasteiger partial charge in [-0.05, 0) is 24.1 Å². The minimum absolute atomic E-state index is 0.274. The zero-order chi connectivity index (χ0) is 12.1. The van der Waals surface area contributed by atoms with E-state index in [0.717, 1.165) is 0 Å². The van der Waals surface area contributed by atoms with E-state index in [2.05, 4.69) is 5.43 Å². The molecule has 0 aromatic heterocycles. The van der Waals surface area contributed by atoms with Gasteiger partial charge in [0.25, 0.3) is 0 Å². The fraction of sp³-hybridized carbons (Fsp3) is 0.455. The normalized spacial score (nSPS) is 13.1. The Balaban J connectivity index is 2.98. The number of methoxy groups -OCH3 is 2. The first-order chi connectivity index (χ1) is 7.63. The van der Waals surface area contributed by atoms with Crippen molar-refractivity contribution in [3.05, 3.63) is 35.1 Å². The molecule has 3 N–H and O–H groups in total. The summed E-state index contributed by atoms with van der Waals surface area (Å²) in [5.41, 5.74) is 3.82. The molecule has 0 aliphatic heterocycles. The molecule has 1 unspecified atom stereocenters. The number of nitrogens with one attached hydrogen (secondary N) is 1. The zero-order valence-electron chi connectivity index (χ0n) is 9.66. The first-order valence-corrected chi connectivity index (χ1v) is 4.91. The molecule has 90 valence electrons. The summed E-state index contributed by atoms with van der Waals surface area (Å²) in [5.74, 6) is 5.14. The summed E-state index contributed by atoms with van der Waals surface area (Å²) in [6.07, 6.45) is -0.563. The van der Waals surface area contributed by atoms with Gasteiger partial charge in [0.05, 0.1) is 6.04 Å². The fourth-order valence-electron chi connectivity index (χ4n) is 1.50. The van der Waals surface area contributed by atoms with Gasteiger partial charge in [-0.25, -0.2) is 9.82 Å². The van der Waals surface area contributed by atoms with Gasteiger partial charge in [-0.3, -0.25) is 5.84 Å². The van der Waals surface area contributed by atoms with Crippen molar-refractivity contribution >= 4 is 0 Å². The highest BCUT2D eigenvalue weighted by molar-refractivity contribution is 5.26. The molecule has 1 rings (SSSR count). The van der Waals surface area contributed by atoms with Gasteiger partial charge in [-0.2, -0.15) is 0 Å². The first kappa shape index (κ1) is 13.1. The van der Waals surface area contributed by atoms with E-state index in [1.54, 1.807) is 19.1 Å². The van der Waals surface area contributed by atoms with Crippen LogP contribution in [0.2, 0.25) is 0 Å². The molecule has 0 radical (unpaired) electrons. The number of aryl methyl sites for hydroxylation is 1. The average Bonchev–Trinajstić information content (AvgIpc) is 2.29. The minimum Gasteiger partial charge on any atom is -0.354 e. The number of hydrogen-bond donors (Lipinski definition) is 2. The summed E-state index contributed by atoms with van der Waals surface area (Å²) in [4.78, 5) is 0. The van der Waals surface area contributed by atoms with Crippen molar-refractivity contribution in [2.45, 2.75) is 19.3 Å². The largest absolute Gasteiger partial charge is 0.354 e. The second-order valence-electron chi connectivity index (χ2n) is 3.49. The molecule has 0 aliphatic rings. The summed E-state index contributed by atoms with van der Waals surface area (Å²) < 4.78 is 23.6. The number of rotatable bonds is 5. The summed E-state index contributed by atoms with van der Waals surface area (Å²) >= 11 is 0. The van der Waals surface area contributed by atoms with E-state index < -0.39 is 12.3 Å². The molecule has 5 heteroatoms. The van der Waals surface area contributed by atoms with Gasteiger partial charge in [-0.15, -0.1) is 0 Å². The van der Waals surface area contributed by atoms with E-state index in [4.69, 9.17) is 15.3 Å². The lowest BCUT2D eigenvalue weighted by Gasteiger charge is -2.24. The summed E-state index contributed by atoms with van der Waals surface area (Å²) in [6, 6.07) is 4.49. The van der Waals surface area contributed by atoms with Gasteiger partial charge in [0.2, 0.25) is 0 Å². The molecular weight excluding hydrogens is 211 g/mol. The molecule has 0 bridgehead atoms. The lowest BCUT2D eigenvalue weighted by Crippen LogP contribution is -2.38. The molecule has 0 heterocycles. The second kappa shape index (κ2) is 5.91. The van der Waals surface area contributed by atoms with Crippen LogP contribution in [0.5, 0.6) is 0 Å². The predicted molar refractivity (Wildman–Crippen MR) is 59.0 cm³/mol. The van der Waals surface area contributed by atoms with Crippen LogP contribution in [-0.2, 0) is 9.47 Å². The van der Waals surface area contributed by atoms with Crippen molar-refractivity contribution in [3.8, 4) is 0 Å². The zero-order valence-corrected chi connectivity index (χ0v) is 9.66. The van der Waals surface area contributed by atoms with Crippen LogP contribution in [0.3, 0.4) is 0 Å². The van der Waals surface area contributed by atoms with Crippen LogP contribution in [0.25, 0.3) is 0 Å². The molecule has 0 saturated carbocycles. The Morgan fingerprint density at radius 1 is 1.31 bits per heavy atom. The van der Waals surface area contributed by atoms with Crippen molar-refractivity contribution < 1.29 is 13.9 Å². The number of halogens is 1. The maximum Gasteiger partial charge on any atom is 0.177 e. The number of nitrogens with two attached hydrogens (primary N) is 1. The van der Waals surface area contributed by atoms with Gasteiger partial charge in [0.15, 0.2) is 6.29 Å². The number of hydrogen-bond acceptors (Lipinski definition) is 4. The van der Waals surface area contributed by atoms with Gasteiger partial charge in [0.1, 0.15) is 5.82 Å². The topological polar surface area (TPSA) is 56.5 Å². The average molecular weight is 228 g/mol. The van der Waals surface area contributed by atoms with Gasteiger partial charge >= 0.3 is 0 Å². The Morgan fingerprint density at radius 2 is 1.94 bits per heavy atom. The number of hydrazine groups is 1. The Morgan fingerprint density at radius 3 is 2.38 bits per heavy atom. The molecule has 4 nitrogen and oxygen atoms in total. The first-order valence-electron chi connectivity index (χ1n) is 4.91. The van der Waals surface area contributed by atoms with Crippen LogP contribution >= 0.6 is 0 Å². The Labute approximate surface area is 94.5 Å². The third kappa shape index (κ3) is 2.76. The summed E-state index contributed by atoms with van der Waals surface area (Å²) in [6.45, 7) is 1.70. The van der Waals surface area contributed by atoms with Crippen LogP contribution in [-0.4, -0.2) is 20.5 Å². The molecule has 0 spiro atoms. The fourth-order valence-corrected chi connectivity index (χ4v) is 1.50. The summed E-state index contributed by atoms with van der Waals surface area (Å²) in [5, 5.41) is 0. The monoisotopic (exact) mass is 228 g/mol. The second-order valence-corrected chi connectivity index (χ2v) is 3.49. The Kier molecular flexibility index (Phi) is 4.82. The lowest BCUT2D eigenvalue weighted by molar-refractivity contribution is -0.124. The maximum atomic E-state index is 13.4. The molecule has 1 aromatic rings. The van der Waals surface area contributed by atoms with Crippen LogP contribution in [0.4, 0.5) is 4.39 Å². The molecule has 0 saturated heterocycles. The van der Waals surface area contributed by atoms with Gasteiger partial charge in [0, 0.05) is 14.2 Å². The Bertz CT molecular complexity index is 343. The standard InChI is InChI=1S/C11H17FN2O2/c1-7-4-5-8(6-9(7)12)10(14-13)11(15-2)16-3/h4-6,10-11,14H,13H2,1-3H3. The van der Waals surface area contributed by atoms with Crippen LogP contribution in [0, 0.1) is 12.7 Å². The van der Waals surface area contributed by atoms with Crippen LogP contribution in [0.15, 0.2) is 18.2 Å². The van der Waals surface area contributed by atoms with Gasteiger partial charge in [-0.1, -0.05) is 12.1 Å². The molecule has 1 atom stereocenters. The van der Waals surface area contributed by atoms with Gasteiger partial charge < -0.3 is 9.47 Å². The molecule has 16 heavy (non-hydrogen) atoms. The van der Waals surface area contributed by atoms with Crippen molar-refractivity contribution in [3.63, 3.8) is 0 Å². The van der Waals surface area contributed by atoms with Crippen molar-refractivity contribution in [1.29, 1.82) is 0 Å². The van der Waals surface area contributed by atoms with E-state index in [1.165, 1.54) is 20.3 Å². The molecule has 0 fully saturated rings. The number of benzene rings is 1. The molecular formula is C11H17FN2O2. The third-order valence-electron chi connectivity index (χ3n) is 2.47. The highest BCUT2D eigenvalue weighted by Crippen LogP contribution is 2.21. The van der Waals surface area contributed by atoms with Crippen molar-refractivity contribution in [2.24, 2.45) is 5.84 Å².